The number of ether oxygens (including phenoxy) is 1. The zero-order chi connectivity index (χ0) is 28.9. The van der Waals surface area contributed by atoms with Gasteiger partial charge in [0, 0.05) is 31.1 Å². The van der Waals surface area contributed by atoms with Gasteiger partial charge in [0.1, 0.15) is 23.9 Å². The molecule has 206 valence electrons. The molecule has 1 atom stereocenters. The number of nitrogens with one attached hydrogen (secondary N) is 2. The predicted molar refractivity (Wildman–Crippen MR) is 143 cm³/mol. The Labute approximate surface area is 232 Å². The van der Waals surface area contributed by atoms with Crippen LogP contribution in [-0.2, 0) is 26.0 Å². The maximum atomic E-state index is 15.8. The highest BCUT2D eigenvalue weighted by Gasteiger charge is 2.33. The van der Waals surface area contributed by atoms with Gasteiger partial charge in [0.2, 0.25) is 0 Å². The van der Waals surface area contributed by atoms with Crippen LogP contribution in [0.4, 0.5) is 14.5 Å². The lowest BCUT2D eigenvalue weighted by Crippen LogP contribution is -2.17. The molecule has 0 aliphatic heterocycles. The number of aromatic amines is 1. The first-order chi connectivity index (χ1) is 19.7. The molecule has 0 fully saturated rings. The van der Waals surface area contributed by atoms with Crippen LogP contribution in [0.1, 0.15) is 36.1 Å². The number of hydrogen-bond donors (Lipinski definition) is 2. The summed E-state index contributed by atoms with van der Waals surface area (Å²) in [5.41, 5.74) is 1.22. The summed E-state index contributed by atoms with van der Waals surface area (Å²) >= 11 is 0. The van der Waals surface area contributed by atoms with Crippen LogP contribution in [-0.4, -0.2) is 33.7 Å². The van der Waals surface area contributed by atoms with E-state index in [1.165, 1.54) is 37.6 Å². The predicted octanol–water partition coefficient (Wildman–Crippen LogP) is 4.89. The number of benzene rings is 2. The minimum atomic E-state index is -4.44. The van der Waals surface area contributed by atoms with E-state index in [1.807, 2.05) is 6.07 Å². The van der Waals surface area contributed by atoms with Gasteiger partial charge in [-0.25, -0.2) is 27.2 Å². The number of rotatable bonds is 6. The fourth-order valence-electron chi connectivity index (χ4n) is 5.10. The molecule has 1 unspecified atom stereocenters. The van der Waals surface area contributed by atoms with Crippen LogP contribution < -0.4 is 4.72 Å². The zero-order valence-electron chi connectivity index (χ0n) is 21.4. The fourth-order valence-corrected chi connectivity index (χ4v) is 6.48. The van der Waals surface area contributed by atoms with Crippen LogP contribution in [0.25, 0.3) is 28.2 Å². The number of carbonyl (C=O) groups is 1. The number of sulfonamides is 1. The topological polar surface area (TPSA) is 142 Å². The summed E-state index contributed by atoms with van der Waals surface area (Å²) < 4.78 is 66.9. The zero-order valence-corrected chi connectivity index (χ0v) is 22.2. The third kappa shape index (κ3) is 4.57. The molecule has 13 heteroatoms. The fraction of sp³-hybridized carbons (Fsp3) is 0.143. The first-order valence-electron chi connectivity index (χ1n) is 12.4. The van der Waals surface area contributed by atoms with Gasteiger partial charge in [0.05, 0.1) is 33.3 Å². The average molecular weight is 575 g/mol. The van der Waals surface area contributed by atoms with Crippen LogP contribution >= 0.6 is 0 Å². The van der Waals surface area contributed by atoms with Crippen LogP contribution in [0.15, 0.2) is 66.2 Å². The van der Waals surface area contributed by atoms with Crippen LogP contribution in [0.3, 0.4) is 0 Å². The van der Waals surface area contributed by atoms with E-state index in [2.05, 4.69) is 19.7 Å². The molecule has 5 aromatic rings. The lowest BCUT2D eigenvalue weighted by molar-refractivity contribution is -0.146. The van der Waals surface area contributed by atoms with E-state index >= 15 is 4.39 Å². The van der Waals surface area contributed by atoms with Gasteiger partial charge >= 0.3 is 5.97 Å². The maximum Gasteiger partial charge on any atom is 0.303 e. The van der Waals surface area contributed by atoms with Crippen molar-refractivity contribution in [2.75, 3.05) is 4.72 Å². The van der Waals surface area contributed by atoms with Crippen molar-refractivity contribution >= 4 is 27.2 Å². The molecule has 2 N–H and O–H groups in total. The van der Waals surface area contributed by atoms with E-state index in [-0.39, 0.29) is 22.4 Å². The van der Waals surface area contributed by atoms with Gasteiger partial charge in [0.25, 0.3) is 10.0 Å². The van der Waals surface area contributed by atoms with Gasteiger partial charge in [-0.3, -0.25) is 9.52 Å². The van der Waals surface area contributed by atoms with E-state index in [0.717, 1.165) is 12.1 Å². The summed E-state index contributed by atoms with van der Waals surface area (Å²) in [6.07, 6.45) is 6.07. The molecule has 3 aromatic heterocycles. The van der Waals surface area contributed by atoms with E-state index in [9.17, 15) is 22.9 Å². The third-order valence-corrected chi connectivity index (χ3v) is 8.28. The quantitative estimate of drug-likeness (QED) is 0.275. The molecule has 1 aliphatic carbocycles. The number of anilines is 1. The number of carbonyl (C=O) groups excluding carboxylic acids is 1. The number of fused-ring (bicyclic) bond motifs is 2. The van der Waals surface area contributed by atoms with E-state index in [1.54, 1.807) is 22.9 Å². The standard InChI is InChI=1S/C28H20F2N6O4S/c1-15(37)40-23-7-3-18-19(23)10-16(12-31)11-24(18)41(38,39)35-21-5-4-20(29)25(26(21)30)17-2-6-22-27(28-32-8-9-33-28)34-14-36(22)13-17/h2,4-6,8-11,13-14,23,35H,3,7H2,1H3,(H,32,33). The van der Waals surface area contributed by atoms with Crippen LogP contribution in [0, 0.1) is 23.0 Å². The van der Waals surface area contributed by atoms with Gasteiger partial charge in [-0.15, -0.1) is 0 Å². The smallest absolute Gasteiger partial charge is 0.303 e. The largest absolute Gasteiger partial charge is 0.458 e. The molecular formula is C28H20F2N6O4S. The number of halogens is 2. The Bertz CT molecular complexity index is 2000. The highest BCUT2D eigenvalue weighted by molar-refractivity contribution is 7.92. The molecule has 0 saturated carbocycles. The minimum absolute atomic E-state index is 0.0333. The lowest BCUT2D eigenvalue weighted by Gasteiger charge is -2.16. The van der Waals surface area contributed by atoms with Gasteiger partial charge in [-0.1, -0.05) is 6.07 Å². The van der Waals surface area contributed by atoms with E-state index in [0.29, 0.717) is 34.6 Å². The number of esters is 1. The van der Waals surface area contributed by atoms with E-state index in [4.69, 9.17) is 4.74 Å². The van der Waals surface area contributed by atoms with E-state index < -0.39 is 45.0 Å². The normalized spacial score (nSPS) is 14.5. The Morgan fingerprint density at radius 1 is 1.22 bits per heavy atom. The van der Waals surface area contributed by atoms with Gasteiger partial charge in [0.15, 0.2) is 11.6 Å². The molecule has 1 aliphatic rings. The highest BCUT2D eigenvalue weighted by atomic mass is 32.2. The second-order valence-corrected chi connectivity index (χ2v) is 11.1. The Balaban J connectivity index is 1.38. The summed E-state index contributed by atoms with van der Waals surface area (Å²) in [4.78, 5) is 22.8. The summed E-state index contributed by atoms with van der Waals surface area (Å²) in [5.74, 6) is -2.03. The molecule has 6 rings (SSSR count). The van der Waals surface area contributed by atoms with Crippen molar-refractivity contribution < 1.29 is 26.7 Å². The number of pyridine rings is 1. The molecule has 0 spiro atoms. The number of hydrogen-bond acceptors (Lipinski definition) is 7. The molecule has 41 heavy (non-hydrogen) atoms. The highest BCUT2D eigenvalue weighted by Crippen LogP contribution is 2.40. The van der Waals surface area contributed by atoms with Crippen molar-refractivity contribution in [2.24, 2.45) is 0 Å². The van der Waals surface area contributed by atoms with Crippen molar-refractivity contribution in [1.82, 2.24) is 19.4 Å². The van der Waals surface area contributed by atoms with Crippen LogP contribution in [0.5, 0.6) is 0 Å². The second kappa shape index (κ2) is 9.83. The number of H-pyrrole nitrogens is 1. The molecule has 3 heterocycles. The Morgan fingerprint density at radius 2 is 2.05 bits per heavy atom. The van der Waals surface area contributed by atoms with Gasteiger partial charge in [-0.2, -0.15) is 5.26 Å². The third-order valence-electron chi connectivity index (χ3n) is 6.85. The molecule has 2 aromatic carbocycles. The maximum absolute atomic E-state index is 15.8. The van der Waals surface area contributed by atoms with Crippen LogP contribution in [0.2, 0.25) is 0 Å². The second-order valence-electron chi connectivity index (χ2n) is 9.42. The number of nitriles is 1. The summed E-state index contributed by atoms with van der Waals surface area (Å²) in [6.45, 7) is 1.24. The molecule has 0 saturated heterocycles. The molecular weight excluding hydrogens is 554 g/mol. The Hall–Kier alpha value is -5.09. The molecule has 0 amide bonds. The first kappa shape index (κ1) is 26.1. The van der Waals surface area contributed by atoms with Crippen molar-refractivity contribution in [2.45, 2.75) is 30.8 Å². The van der Waals surface area contributed by atoms with Gasteiger partial charge in [-0.05, 0) is 54.3 Å². The van der Waals surface area contributed by atoms with Crippen molar-refractivity contribution in [3.8, 4) is 28.7 Å². The summed E-state index contributed by atoms with van der Waals surface area (Å²) in [7, 11) is -4.44. The average Bonchev–Trinajstić information content (AvgIpc) is 3.69. The Morgan fingerprint density at radius 3 is 2.78 bits per heavy atom. The lowest BCUT2D eigenvalue weighted by atomic mass is 10.0. The first-order valence-corrected chi connectivity index (χ1v) is 13.9. The number of nitrogens with zero attached hydrogens (tertiary/aromatic N) is 4. The van der Waals surface area contributed by atoms with Crippen molar-refractivity contribution in [1.29, 1.82) is 5.26 Å². The Kier molecular flexibility index (Phi) is 6.27. The van der Waals surface area contributed by atoms with Gasteiger partial charge < -0.3 is 14.1 Å². The minimum Gasteiger partial charge on any atom is -0.458 e. The molecule has 10 nitrogen and oxygen atoms in total. The SMILES string of the molecule is CC(=O)OC1CCc2c1cc(C#N)cc2S(=O)(=O)Nc1ccc(F)c(-c2ccc3c(-c4ncc[nH]4)ncn3c2)c1F. The summed E-state index contributed by atoms with van der Waals surface area (Å²) in [6, 6.07) is 9.67. The molecule has 0 radical (unpaired) electrons. The number of aromatic nitrogens is 4. The monoisotopic (exact) mass is 574 g/mol. The molecule has 0 bridgehead atoms. The number of imidazole rings is 2. The van der Waals surface area contributed by atoms with Crippen molar-refractivity contribution in [3.05, 3.63) is 89.6 Å². The summed E-state index contributed by atoms with van der Waals surface area (Å²) in [5, 5.41) is 9.50. The van der Waals surface area contributed by atoms with Crippen molar-refractivity contribution in [3.63, 3.8) is 0 Å².